The number of benzene rings is 1. The molecule has 1 amide bonds. The highest BCUT2D eigenvalue weighted by Gasteiger charge is 2.32. The van der Waals surface area contributed by atoms with Crippen LogP contribution in [0, 0.1) is 12.7 Å². The lowest BCUT2D eigenvalue weighted by Gasteiger charge is -2.22. The molecule has 0 radical (unpaired) electrons. The van der Waals surface area contributed by atoms with Crippen LogP contribution in [0.4, 0.5) is 4.39 Å². The second-order valence-corrected chi connectivity index (χ2v) is 7.73. The molecule has 2 aromatic heterocycles. The first-order valence-corrected chi connectivity index (χ1v) is 9.53. The summed E-state index contributed by atoms with van der Waals surface area (Å²) in [5.74, 6) is -1.34. The quantitative estimate of drug-likeness (QED) is 0.742. The summed E-state index contributed by atoms with van der Waals surface area (Å²) in [4.78, 5) is 27.1. The lowest BCUT2D eigenvalue weighted by molar-refractivity contribution is -0.137. The molecule has 27 heavy (non-hydrogen) atoms. The third kappa shape index (κ3) is 3.21. The largest absolute Gasteiger partial charge is 0.481 e. The Morgan fingerprint density at radius 2 is 2.07 bits per heavy atom. The van der Waals surface area contributed by atoms with Crippen LogP contribution in [0.2, 0.25) is 0 Å². The van der Waals surface area contributed by atoms with Crippen molar-refractivity contribution in [2.45, 2.75) is 32.2 Å². The lowest BCUT2D eigenvalue weighted by Crippen LogP contribution is -2.36. The van der Waals surface area contributed by atoms with Gasteiger partial charge in [0.05, 0.1) is 22.7 Å². The summed E-state index contributed by atoms with van der Waals surface area (Å²) in [5.41, 5.74) is 1.51. The van der Waals surface area contributed by atoms with Crippen LogP contribution in [0.15, 0.2) is 30.3 Å². The summed E-state index contributed by atoms with van der Waals surface area (Å²) in [6.45, 7) is 2.44. The molecule has 0 spiro atoms. The topological polar surface area (TPSA) is 75.4 Å². The van der Waals surface area contributed by atoms with Gasteiger partial charge in [0.15, 0.2) is 0 Å². The fourth-order valence-electron chi connectivity index (χ4n) is 3.57. The number of carboxylic acids is 1. The summed E-state index contributed by atoms with van der Waals surface area (Å²) in [5, 5.41) is 14.5. The highest BCUT2D eigenvalue weighted by atomic mass is 32.1. The van der Waals surface area contributed by atoms with Crippen LogP contribution in [0.3, 0.4) is 0 Å². The summed E-state index contributed by atoms with van der Waals surface area (Å²) in [7, 11) is 0. The van der Waals surface area contributed by atoms with Gasteiger partial charge in [0.2, 0.25) is 0 Å². The molecule has 140 valence electrons. The van der Waals surface area contributed by atoms with E-state index in [9.17, 15) is 14.0 Å². The summed E-state index contributed by atoms with van der Waals surface area (Å²) < 4.78 is 14.9. The molecule has 3 heterocycles. The first-order valence-electron chi connectivity index (χ1n) is 8.72. The zero-order valence-electron chi connectivity index (χ0n) is 14.7. The second-order valence-electron chi connectivity index (χ2n) is 6.70. The number of aliphatic carboxylic acids is 1. The van der Waals surface area contributed by atoms with Gasteiger partial charge in [-0.15, -0.1) is 11.3 Å². The van der Waals surface area contributed by atoms with E-state index in [0.29, 0.717) is 17.8 Å². The molecule has 1 aliphatic rings. The summed E-state index contributed by atoms with van der Waals surface area (Å²) >= 11 is 1.33. The average Bonchev–Trinajstić information content (AvgIpc) is 3.32. The number of halogens is 1. The first-order chi connectivity index (χ1) is 12.9. The Bertz CT molecular complexity index is 1020. The number of carbonyl (C=O) groups is 2. The van der Waals surface area contributed by atoms with Crippen molar-refractivity contribution in [1.29, 1.82) is 0 Å². The first kappa shape index (κ1) is 17.7. The molecule has 4 rings (SSSR count). The van der Waals surface area contributed by atoms with Crippen LogP contribution >= 0.6 is 11.3 Å². The minimum absolute atomic E-state index is 0.0287. The van der Waals surface area contributed by atoms with Crippen LogP contribution < -0.4 is 0 Å². The van der Waals surface area contributed by atoms with Crippen molar-refractivity contribution in [3.63, 3.8) is 0 Å². The van der Waals surface area contributed by atoms with Gasteiger partial charge in [0, 0.05) is 18.0 Å². The number of likely N-dealkylation sites (tertiary alicyclic amines) is 1. The van der Waals surface area contributed by atoms with E-state index in [1.54, 1.807) is 21.7 Å². The number of carbonyl (C=O) groups excluding carboxylic acids is 1. The van der Waals surface area contributed by atoms with Gasteiger partial charge in [-0.05, 0) is 50.1 Å². The van der Waals surface area contributed by atoms with Crippen LogP contribution in [-0.4, -0.2) is 44.3 Å². The average molecular weight is 387 g/mol. The van der Waals surface area contributed by atoms with Crippen molar-refractivity contribution in [2.75, 3.05) is 6.54 Å². The number of carboxylic acid groups (broad SMARTS) is 1. The number of aromatic nitrogens is 2. The van der Waals surface area contributed by atoms with E-state index in [0.717, 1.165) is 28.0 Å². The van der Waals surface area contributed by atoms with Crippen molar-refractivity contribution < 1.29 is 19.1 Å². The van der Waals surface area contributed by atoms with Crippen molar-refractivity contribution in [3.8, 4) is 5.69 Å². The molecule has 1 atom stereocenters. The van der Waals surface area contributed by atoms with Crippen molar-refractivity contribution in [1.82, 2.24) is 14.7 Å². The predicted octanol–water partition coefficient (Wildman–Crippen LogP) is 3.61. The monoisotopic (exact) mass is 387 g/mol. The van der Waals surface area contributed by atoms with Gasteiger partial charge < -0.3 is 10.0 Å². The smallest absolute Gasteiger partial charge is 0.305 e. The minimum Gasteiger partial charge on any atom is -0.481 e. The number of hydrogen-bond donors (Lipinski definition) is 1. The Kier molecular flexibility index (Phi) is 4.43. The number of fused-ring (bicyclic) bond motifs is 1. The zero-order chi connectivity index (χ0) is 19.1. The van der Waals surface area contributed by atoms with Gasteiger partial charge in [0.1, 0.15) is 10.6 Å². The maximum atomic E-state index is 13.2. The fraction of sp³-hybridized carbons (Fsp3) is 0.316. The Morgan fingerprint density at radius 3 is 2.78 bits per heavy atom. The van der Waals surface area contributed by atoms with E-state index in [1.165, 1.54) is 23.5 Å². The standard InChI is InChI=1S/C19H18FN3O3S/c1-11-15-10-16(18(26)22-8-2-3-14(22)9-17(24)25)27-19(15)23(21-11)13-6-4-12(20)5-7-13/h4-7,10,14H,2-3,8-9H2,1H3,(H,24,25). The van der Waals surface area contributed by atoms with Gasteiger partial charge in [-0.25, -0.2) is 9.07 Å². The van der Waals surface area contributed by atoms with Gasteiger partial charge >= 0.3 is 5.97 Å². The molecule has 1 aromatic carbocycles. The zero-order valence-corrected chi connectivity index (χ0v) is 15.5. The van der Waals surface area contributed by atoms with E-state index in [4.69, 9.17) is 5.11 Å². The van der Waals surface area contributed by atoms with E-state index in [1.807, 2.05) is 13.0 Å². The molecule has 1 saturated heterocycles. The summed E-state index contributed by atoms with van der Waals surface area (Å²) in [6, 6.07) is 7.60. The maximum Gasteiger partial charge on any atom is 0.305 e. The molecule has 3 aromatic rings. The number of thiophene rings is 1. The highest BCUT2D eigenvalue weighted by molar-refractivity contribution is 7.20. The SMILES string of the molecule is Cc1nn(-c2ccc(F)cc2)c2sc(C(=O)N3CCCC3CC(=O)O)cc12. The van der Waals surface area contributed by atoms with Crippen LogP contribution in [0.25, 0.3) is 15.9 Å². The molecule has 6 nitrogen and oxygen atoms in total. The van der Waals surface area contributed by atoms with Crippen LogP contribution in [0.1, 0.15) is 34.6 Å². The number of aryl methyl sites for hydroxylation is 1. The molecule has 1 unspecified atom stereocenters. The minimum atomic E-state index is -0.890. The van der Waals surface area contributed by atoms with Gasteiger partial charge in [-0.3, -0.25) is 9.59 Å². The Balaban J connectivity index is 1.69. The highest BCUT2D eigenvalue weighted by Crippen LogP contribution is 2.33. The van der Waals surface area contributed by atoms with Crippen molar-refractivity contribution in [2.24, 2.45) is 0 Å². The number of rotatable bonds is 4. The lowest BCUT2D eigenvalue weighted by atomic mass is 10.1. The molecule has 1 aliphatic heterocycles. The number of amides is 1. The van der Waals surface area contributed by atoms with Crippen LogP contribution in [-0.2, 0) is 4.79 Å². The Hall–Kier alpha value is -2.74. The fourth-order valence-corrected chi connectivity index (χ4v) is 4.71. The third-order valence-corrected chi connectivity index (χ3v) is 5.97. The molecular weight excluding hydrogens is 369 g/mol. The van der Waals surface area contributed by atoms with Gasteiger partial charge in [-0.1, -0.05) is 0 Å². The normalized spacial score (nSPS) is 17.0. The van der Waals surface area contributed by atoms with E-state index >= 15 is 0 Å². The van der Waals surface area contributed by atoms with E-state index in [-0.39, 0.29) is 24.2 Å². The number of nitrogens with zero attached hydrogens (tertiary/aromatic N) is 3. The maximum absolute atomic E-state index is 13.2. The van der Waals surface area contributed by atoms with Crippen molar-refractivity contribution in [3.05, 3.63) is 46.7 Å². The third-order valence-electron chi connectivity index (χ3n) is 4.87. The molecule has 1 fully saturated rings. The van der Waals surface area contributed by atoms with E-state index < -0.39 is 5.97 Å². The Labute approximate surface area is 158 Å². The molecule has 8 heteroatoms. The van der Waals surface area contributed by atoms with Crippen molar-refractivity contribution >= 4 is 33.4 Å². The Morgan fingerprint density at radius 1 is 1.33 bits per heavy atom. The second kappa shape index (κ2) is 6.77. The molecule has 1 N–H and O–H groups in total. The van der Waals surface area contributed by atoms with Gasteiger partial charge in [-0.2, -0.15) is 5.10 Å². The van der Waals surface area contributed by atoms with Gasteiger partial charge in [0.25, 0.3) is 5.91 Å². The molecule has 0 bridgehead atoms. The summed E-state index contributed by atoms with van der Waals surface area (Å²) in [6.07, 6.45) is 1.50. The number of hydrogen-bond acceptors (Lipinski definition) is 4. The van der Waals surface area contributed by atoms with E-state index in [2.05, 4.69) is 5.10 Å². The molecular formula is C19H18FN3O3S. The van der Waals surface area contributed by atoms with Crippen LogP contribution in [0.5, 0.6) is 0 Å². The molecule has 0 aliphatic carbocycles. The molecule has 0 saturated carbocycles. The predicted molar refractivity (Wildman–Crippen MR) is 100.0 cm³/mol.